The van der Waals surface area contributed by atoms with Crippen molar-refractivity contribution in [1.82, 2.24) is 20.2 Å². The van der Waals surface area contributed by atoms with Gasteiger partial charge in [-0.15, -0.1) is 0 Å². The number of nitrogens with zero attached hydrogens (tertiary/aromatic N) is 3. The quantitative estimate of drug-likeness (QED) is 0.194. The summed E-state index contributed by atoms with van der Waals surface area (Å²) in [6.07, 6.45) is 7.81. The highest BCUT2D eigenvalue weighted by molar-refractivity contribution is 5.93. The molecule has 0 unspecified atom stereocenters. The third kappa shape index (κ3) is 10.5. The molecule has 3 aromatic rings. The number of aromatic nitrogens is 2. The molecular formula is C31H39N7O3. The zero-order chi connectivity index (χ0) is 29.6. The van der Waals surface area contributed by atoms with E-state index < -0.39 is 5.91 Å². The van der Waals surface area contributed by atoms with Crippen LogP contribution >= 0.6 is 0 Å². The number of primary amides is 1. The number of nitrogens with one attached hydrogen (secondary N) is 3. The number of hydrogen-bond acceptors (Lipinski definition) is 8. The molecule has 0 bridgehead atoms. The highest BCUT2D eigenvalue weighted by Crippen LogP contribution is 2.28. The predicted molar refractivity (Wildman–Crippen MR) is 163 cm³/mol. The van der Waals surface area contributed by atoms with Gasteiger partial charge in [0.1, 0.15) is 5.82 Å². The van der Waals surface area contributed by atoms with Gasteiger partial charge in [-0.2, -0.15) is 4.98 Å². The molecule has 0 spiro atoms. The first-order chi connectivity index (χ1) is 19.7. The van der Waals surface area contributed by atoms with Crippen LogP contribution in [0.2, 0.25) is 0 Å². The SMILES string of the molecule is CCCNc1nc(Nc2ccc(C(N)=O)cc2)ncc1-c1ccc(CCCC(=O)CNC(=O)/C=C/CN(C)C)cc1. The van der Waals surface area contributed by atoms with Crippen molar-refractivity contribution in [3.05, 3.63) is 78.0 Å². The van der Waals surface area contributed by atoms with Crippen LogP contribution in [0, 0.1) is 0 Å². The molecule has 1 heterocycles. The van der Waals surface area contributed by atoms with Crippen molar-refractivity contribution in [2.24, 2.45) is 5.73 Å². The van der Waals surface area contributed by atoms with E-state index in [4.69, 9.17) is 5.73 Å². The first-order valence-corrected chi connectivity index (χ1v) is 13.7. The Morgan fingerprint density at radius 1 is 1.02 bits per heavy atom. The molecule has 0 fully saturated rings. The molecule has 0 aliphatic rings. The van der Waals surface area contributed by atoms with Crippen molar-refractivity contribution < 1.29 is 14.4 Å². The Hall–Kier alpha value is -4.57. The number of benzene rings is 2. The lowest BCUT2D eigenvalue weighted by Crippen LogP contribution is -2.28. The molecule has 0 aliphatic heterocycles. The van der Waals surface area contributed by atoms with Gasteiger partial charge >= 0.3 is 0 Å². The number of nitrogens with two attached hydrogens (primary N) is 1. The van der Waals surface area contributed by atoms with E-state index >= 15 is 0 Å². The van der Waals surface area contributed by atoms with E-state index in [0.29, 0.717) is 30.9 Å². The molecule has 41 heavy (non-hydrogen) atoms. The molecule has 2 aromatic carbocycles. The Morgan fingerprint density at radius 3 is 2.41 bits per heavy atom. The maximum atomic E-state index is 12.2. The molecule has 10 heteroatoms. The zero-order valence-corrected chi connectivity index (χ0v) is 23.9. The molecule has 3 rings (SSSR count). The maximum Gasteiger partial charge on any atom is 0.248 e. The number of amides is 2. The zero-order valence-electron chi connectivity index (χ0n) is 23.9. The Morgan fingerprint density at radius 2 is 1.76 bits per heavy atom. The smallest absolute Gasteiger partial charge is 0.248 e. The van der Waals surface area contributed by atoms with Crippen LogP contribution in [0.4, 0.5) is 17.5 Å². The van der Waals surface area contributed by atoms with Crippen LogP contribution in [0.5, 0.6) is 0 Å². The number of anilines is 3. The highest BCUT2D eigenvalue weighted by atomic mass is 16.2. The number of ketones is 1. The predicted octanol–water partition coefficient (Wildman–Crippen LogP) is 3.93. The summed E-state index contributed by atoms with van der Waals surface area (Å²) in [4.78, 5) is 46.4. The van der Waals surface area contributed by atoms with Gasteiger partial charge in [-0.05, 0) is 68.8 Å². The fraction of sp³-hybridized carbons (Fsp3) is 0.323. The van der Waals surface area contributed by atoms with Crippen molar-refractivity contribution >= 4 is 35.1 Å². The van der Waals surface area contributed by atoms with E-state index in [1.807, 2.05) is 43.3 Å². The van der Waals surface area contributed by atoms with Crippen LogP contribution in [-0.2, 0) is 16.0 Å². The number of carbonyl (C=O) groups is 3. The van der Waals surface area contributed by atoms with E-state index in [1.54, 1.807) is 36.5 Å². The third-order valence-electron chi connectivity index (χ3n) is 6.14. The van der Waals surface area contributed by atoms with Gasteiger partial charge < -0.3 is 26.6 Å². The van der Waals surface area contributed by atoms with Gasteiger partial charge in [0.05, 0.1) is 6.54 Å². The Kier molecular flexibility index (Phi) is 12.0. The average Bonchev–Trinajstić information content (AvgIpc) is 2.95. The van der Waals surface area contributed by atoms with Crippen LogP contribution in [-0.4, -0.2) is 66.2 Å². The van der Waals surface area contributed by atoms with Crippen molar-refractivity contribution in [3.63, 3.8) is 0 Å². The molecule has 0 saturated carbocycles. The summed E-state index contributed by atoms with van der Waals surface area (Å²) in [5.74, 6) is 0.427. The summed E-state index contributed by atoms with van der Waals surface area (Å²) < 4.78 is 0. The minimum atomic E-state index is -0.479. The van der Waals surface area contributed by atoms with Crippen molar-refractivity contribution in [1.29, 1.82) is 0 Å². The van der Waals surface area contributed by atoms with Crippen molar-refractivity contribution in [2.75, 3.05) is 44.4 Å². The summed E-state index contributed by atoms with van der Waals surface area (Å²) in [5, 5.41) is 9.19. The molecular weight excluding hydrogens is 518 g/mol. The van der Waals surface area contributed by atoms with Crippen LogP contribution in [0.25, 0.3) is 11.1 Å². The van der Waals surface area contributed by atoms with Gasteiger partial charge in [-0.25, -0.2) is 4.98 Å². The highest BCUT2D eigenvalue weighted by Gasteiger charge is 2.11. The van der Waals surface area contributed by atoms with Crippen molar-refractivity contribution in [3.8, 4) is 11.1 Å². The number of aryl methyl sites for hydroxylation is 1. The summed E-state index contributed by atoms with van der Waals surface area (Å²) in [6, 6.07) is 15.0. The maximum absolute atomic E-state index is 12.2. The number of Topliss-reactive ketones (excluding diaryl/α,β-unsaturated/α-hetero) is 1. The monoisotopic (exact) mass is 557 g/mol. The first-order valence-electron chi connectivity index (χ1n) is 13.7. The van der Waals surface area contributed by atoms with Crippen LogP contribution < -0.4 is 21.7 Å². The Balaban J connectivity index is 1.56. The summed E-state index contributed by atoms with van der Waals surface area (Å²) in [6.45, 7) is 3.56. The molecule has 0 saturated heterocycles. The number of carbonyl (C=O) groups excluding carboxylic acids is 3. The number of likely N-dealkylation sites (N-methyl/N-ethyl adjacent to an activating group) is 1. The Labute approximate surface area is 241 Å². The Bertz CT molecular complexity index is 1340. The lowest BCUT2D eigenvalue weighted by atomic mass is 10.0. The van der Waals surface area contributed by atoms with Gasteiger partial charge in [0.15, 0.2) is 5.78 Å². The van der Waals surface area contributed by atoms with Crippen LogP contribution in [0.1, 0.15) is 42.1 Å². The normalized spacial score (nSPS) is 11.0. The topological polar surface area (TPSA) is 142 Å². The lowest BCUT2D eigenvalue weighted by Gasteiger charge is -2.13. The van der Waals surface area contributed by atoms with E-state index in [9.17, 15) is 14.4 Å². The van der Waals surface area contributed by atoms with Gasteiger partial charge in [0.25, 0.3) is 0 Å². The van der Waals surface area contributed by atoms with Gasteiger partial charge in [0.2, 0.25) is 17.8 Å². The minimum Gasteiger partial charge on any atom is -0.369 e. The molecule has 216 valence electrons. The lowest BCUT2D eigenvalue weighted by molar-refractivity contribution is -0.122. The summed E-state index contributed by atoms with van der Waals surface area (Å²) in [5.41, 5.74) is 9.47. The fourth-order valence-corrected chi connectivity index (χ4v) is 3.92. The number of rotatable bonds is 16. The first kappa shape index (κ1) is 31.0. The fourth-order valence-electron chi connectivity index (χ4n) is 3.92. The third-order valence-corrected chi connectivity index (χ3v) is 6.14. The molecule has 1 aromatic heterocycles. The number of hydrogen-bond donors (Lipinski definition) is 4. The second kappa shape index (κ2) is 15.9. The molecule has 10 nitrogen and oxygen atoms in total. The van der Waals surface area contributed by atoms with E-state index in [-0.39, 0.29) is 18.2 Å². The van der Waals surface area contributed by atoms with E-state index in [1.165, 1.54) is 6.08 Å². The van der Waals surface area contributed by atoms with Gasteiger partial charge in [-0.3, -0.25) is 14.4 Å². The molecule has 0 atom stereocenters. The van der Waals surface area contributed by atoms with Gasteiger partial charge in [0, 0.05) is 48.6 Å². The average molecular weight is 558 g/mol. The summed E-state index contributed by atoms with van der Waals surface area (Å²) >= 11 is 0. The standard InChI is InChI=1S/C31H39N7O3/c1-4-18-33-30-27(21-35-31(37-30)36-25-16-14-24(15-17-25)29(32)41)23-12-10-22(11-13-23)7-5-8-26(39)20-34-28(40)9-6-19-38(2)3/h6,9-17,21H,4-5,7-8,18-20H2,1-3H3,(H2,32,41)(H,34,40)(H2,33,35,36,37)/b9-6+. The summed E-state index contributed by atoms with van der Waals surface area (Å²) in [7, 11) is 3.84. The molecule has 0 aliphatic carbocycles. The van der Waals surface area contributed by atoms with Crippen LogP contribution in [0.3, 0.4) is 0 Å². The minimum absolute atomic E-state index is 0.0114. The van der Waals surface area contributed by atoms with Gasteiger partial charge in [-0.1, -0.05) is 37.3 Å². The molecule has 5 N–H and O–H groups in total. The largest absolute Gasteiger partial charge is 0.369 e. The second-order valence-corrected chi connectivity index (χ2v) is 9.92. The van der Waals surface area contributed by atoms with Crippen LogP contribution in [0.15, 0.2) is 66.9 Å². The van der Waals surface area contributed by atoms with E-state index in [0.717, 1.165) is 47.6 Å². The van der Waals surface area contributed by atoms with Crippen molar-refractivity contribution in [2.45, 2.75) is 32.6 Å². The van der Waals surface area contributed by atoms with E-state index in [2.05, 4.69) is 32.8 Å². The second-order valence-electron chi connectivity index (χ2n) is 9.92. The molecule has 2 amide bonds. The molecule has 0 radical (unpaired) electrons.